The molecule has 0 spiro atoms. The number of nitriles is 1. The number of rotatable bonds is 4. The van der Waals surface area contributed by atoms with Gasteiger partial charge in [-0.05, 0) is 35.4 Å². The number of para-hydroxylation sites is 1. The van der Waals surface area contributed by atoms with Crippen LogP contribution in [-0.2, 0) is 0 Å². The maximum atomic E-state index is 9.46. The van der Waals surface area contributed by atoms with Gasteiger partial charge in [0.1, 0.15) is 11.5 Å². The Bertz CT molecular complexity index is 758. The van der Waals surface area contributed by atoms with E-state index >= 15 is 0 Å². The van der Waals surface area contributed by atoms with Gasteiger partial charge in [0, 0.05) is 0 Å². The van der Waals surface area contributed by atoms with Gasteiger partial charge in [0.15, 0.2) is 0 Å². The minimum absolute atomic E-state index is 0.257. The van der Waals surface area contributed by atoms with E-state index in [0.717, 1.165) is 22.6 Å². The van der Waals surface area contributed by atoms with Gasteiger partial charge in [0.25, 0.3) is 0 Å². The van der Waals surface area contributed by atoms with Crippen LogP contribution in [0.5, 0.6) is 11.5 Å². The quantitative estimate of drug-likeness (QED) is 0.665. The van der Waals surface area contributed by atoms with Gasteiger partial charge in [-0.25, -0.2) is 0 Å². The molecule has 0 radical (unpaired) electrons. The molecule has 1 atom stereocenters. The third kappa shape index (κ3) is 3.16. The maximum Gasteiger partial charge on any atom is 0.127 e. The molecule has 0 aliphatic heterocycles. The SMILES string of the molecule is N#C[C@@H](c1ccccc1)c1ccc(Oc2ccccc2)cc1. The highest BCUT2D eigenvalue weighted by Gasteiger charge is 2.12. The van der Waals surface area contributed by atoms with Crippen molar-refractivity contribution in [1.29, 1.82) is 5.26 Å². The van der Waals surface area contributed by atoms with E-state index < -0.39 is 0 Å². The van der Waals surface area contributed by atoms with Gasteiger partial charge < -0.3 is 4.74 Å². The Labute approximate surface area is 130 Å². The first-order valence-electron chi connectivity index (χ1n) is 7.14. The Morgan fingerprint density at radius 1 is 0.636 bits per heavy atom. The average molecular weight is 285 g/mol. The predicted octanol–water partition coefficient (Wildman–Crippen LogP) is 5.13. The first kappa shape index (κ1) is 13.9. The molecule has 0 aliphatic rings. The predicted molar refractivity (Wildman–Crippen MR) is 86.9 cm³/mol. The summed E-state index contributed by atoms with van der Waals surface area (Å²) >= 11 is 0. The van der Waals surface area contributed by atoms with Crippen LogP contribution in [0.25, 0.3) is 0 Å². The van der Waals surface area contributed by atoms with Gasteiger partial charge in [-0.3, -0.25) is 0 Å². The van der Waals surface area contributed by atoms with Crippen LogP contribution in [-0.4, -0.2) is 0 Å². The topological polar surface area (TPSA) is 33.0 Å². The van der Waals surface area contributed by atoms with Crippen LogP contribution in [0, 0.1) is 11.3 Å². The van der Waals surface area contributed by atoms with Crippen molar-refractivity contribution < 1.29 is 4.74 Å². The van der Waals surface area contributed by atoms with Gasteiger partial charge in [0.05, 0.1) is 12.0 Å². The summed E-state index contributed by atoms with van der Waals surface area (Å²) in [6, 6.07) is 29.5. The van der Waals surface area contributed by atoms with Crippen LogP contribution in [0.3, 0.4) is 0 Å². The van der Waals surface area contributed by atoms with Crippen molar-refractivity contribution in [3.8, 4) is 17.6 Å². The second kappa shape index (κ2) is 6.60. The molecule has 0 unspecified atom stereocenters. The summed E-state index contributed by atoms with van der Waals surface area (Å²) in [5, 5.41) is 9.46. The second-order valence-electron chi connectivity index (χ2n) is 4.96. The van der Waals surface area contributed by atoms with Crippen LogP contribution in [0.2, 0.25) is 0 Å². The number of benzene rings is 3. The van der Waals surface area contributed by atoms with Crippen LogP contribution < -0.4 is 4.74 Å². The van der Waals surface area contributed by atoms with E-state index in [1.807, 2.05) is 84.9 Å². The monoisotopic (exact) mass is 285 g/mol. The third-order valence-electron chi connectivity index (χ3n) is 3.45. The number of ether oxygens (including phenoxy) is 1. The molecule has 0 aliphatic carbocycles. The zero-order chi connectivity index (χ0) is 15.2. The molecule has 0 amide bonds. The van der Waals surface area contributed by atoms with Gasteiger partial charge in [-0.15, -0.1) is 0 Å². The average Bonchev–Trinajstić information content (AvgIpc) is 2.59. The summed E-state index contributed by atoms with van der Waals surface area (Å²) in [5.41, 5.74) is 1.97. The van der Waals surface area contributed by atoms with Crippen molar-refractivity contribution in [3.63, 3.8) is 0 Å². The zero-order valence-corrected chi connectivity index (χ0v) is 12.0. The Hall–Kier alpha value is -3.05. The summed E-state index contributed by atoms with van der Waals surface area (Å²) in [7, 11) is 0. The Balaban J connectivity index is 1.80. The highest BCUT2D eigenvalue weighted by atomic mass is 16.5. The number of hydrogen-bond donors (Lipinski definition) is 0. The second-order valence-corrected chi connectivity index (χ2v) is 4.96. The van der Waals surface area contributed by atoms with Crippen molar-refractivity contribution in [1.82, 2.24) is 0 Å². The fraction of sp³-hybridized carbons (Fsp3) is 0.0500. The van der Waals surface area contributed by atoms with E-state index in [1.165, 1.54) is 0 Å². The molecular formula is C20H15NO. The van der Waals surface area contributed by atoms with Crippen molar-refractivity contribution in [2.45, 2.75) is 5.92 Å². The van der Waals surface area contributed by atoms with Gasteiger partial charge in [-0.1, -0.05) is 60.7 Å². The first-order valence-corrected chi connectivity index (χ1v) is 7.14. The summed E-state index contributed by atoms with van der Waals surface area (Å²) < 4.78 is 5.77. The summed E-state index contributed by atoms with van der Waals surface area (Å²) in [4.78, 5) is 0. The minimum atomic E-state index is -0.257. The molecule has 0 aromatic heterocycles. The Morgan fingerprint density at radius 3 is 1.73 bits per heavy atom. The van der Waals surface area contributed by atoms with Gasteiger partial charge in [-0.2, -0.15) is 5.26 Å². The van der Waals surface area contributed by atoms with E-state index in [0.29, 0.717) is 0 Å². The molecule has 0 saturated carbocycles. The Kier molecular flexibility index (Phi) is 4.17. The molecular weight excluding hydrogens is 270 g/mol. The van der Waals surface area contributed by atoms with Gasteiger partial charge in [0.2, 0.25) is 0 Å². The number of hydrogen-bond acceptors (Lipinski definition) is 2. The maximum absolute atomic E-state index is 9.46. The first-order chi connectivity index (χ1) is 10.9. The van der Waals surface area contributed by atoms with Crippen molar-refractivity contribution in [2.75, 3.05) is 0 Å². The van der Waals surface area contributed by atoms with Gasteiger partial charge >= 0.3 is 0 Å². The van der Waals surface area contributed by atoms with E-state index in [9.17, 15) is 5.26 Å². The van der Waals surface area contributed by atoms with Crippen LogP contribution in [0.15, 0.2) is 84.9 Å². The summed E-state index contributed by atoms with van der Waals surface area (Å²) in [6.07, 6.45) is 0. The Morgan fingerprint density at radius 2 is 1.14 bits per heavy atom. The van der Waals surface area contributed by atoms with Crippen LogP contribution in [0.1, 0.15) is 17.0 Å². The standard InChI is InChI=1S/C20H15NO/c21-15-20(16-7-3-1-4-8-16)17-11-13-19(14-12-17)22-18-9-5-2-6-10-18/h1-14,20H/t20-/m0/s1. The fourth-order valence-corrected chi connectivity index (χ4v) is 2.34. The van der Waals surface area contributed by atoms with Crippen molar-refractivity contribution >= 4 is 0 Å². The highest BCUT2D eigenvalue weighted by molar-refractivity contribution is 5.41. The molecule has 0 fully saturated rings. The molecule has 3 aromatic rings. The lowest BCUT2D eigenvalue weighted by Crippen LogP contribution is -1.97. The lowest BCUT2D eigenvalue weighted by molar-refractivity contribution is 0.482. The largest absolute Gasteiger partial charge is 0.457 e. The fourth-order valence-electron chi connectivity index (χ4n) is 2.34. The smallest absolute Gasteiger partial charge is 0.127 e. The molecule has 0 N–H and O–H groups in total. The number of nitrogens with zero attached hydrogens (tertiary/aromatic N) is 1. The van der Waals surface area contributed by atoms with Crippen molar-refractivity contribution in [3.05, 3.63) is 96.1 Å². The van der Waals surface area contributed by atoms with E-state index in [1.54, 1.807) is 0 Å². The van der Waals surface area contributed by atoms with E-state index in [-0.39, 0.29) is 5.92 Å². The normalized spacial score (nSPS) is 11.4. The zero-order valence-electron chi connectivity index (χ0n) is 12.0. The molecule has 0 saturated heterocycles. The van der Waals surface area contributed by atoms with E-state index in [4.69, 9.17) is 4.74 Å². The molecule has 2 heteroatoms. The molecule has 22 heavy (non-hydrogen) atoms. The lowest BCUT2D eigenvalue weighted by atomic mass is 9.93. The highest BCUT2D eigenvalue weighted by Crippen LogP contribution is 2.27. The minimum Gasteiger partial charge on any atom is -0.457 e. The van der Waals surface area contributed by atoms with Crippen LogP contribution in [0.4, 0.5) is 0 Å². The van der Waals surface area contributed by atoms with Crippen LogP contribution >= 0.6 is 0 Å². The van der Waals surface area contributed by atoms with Crippen molar-refractivity contribution in [2.24, 2.45) is 0 Å². The summed E-state index contributed by atoms with van der Waals surface area (Å²) in [6.45, 7) is 0. The summed E-state index contributed by atoms with van der Waals surface area (Å²) in [5.74, 6) is 1.31. The molecule has 3 aromatic carbocycles. The molecule has 106 valence electrons. The molecule has 0 bridgehead atoms. The molecule has 2 nitrogen and oxygen atoms in total. The van der Waals surface area contributed by atoms with E-state index in [2.05, 4.69) is 6.07 Å². The lowest BCUT2D eigenvalue weighted by Gasteiger charge is -2.11. The molecule has 0 heterocycles. The third-order valence-corrected chi connectivity index (χ3v) is 3.45. The molecule has 3 rings (SSSR count).